The Morgan fingerprint density at radius 2 is 1.60 bits per heavy atom. The molecule has 0 aromatic heterocycles. The maximum absolute atomic E-state index is 12.3. The summed E-state index contributed by atoms with van der Waals surface area (Å²) in [5.74, 6) is -2.99. The molecule has 0 saturated carbocycles. The van der Waals surface area contributed by atoms with Crippen molar-refractivity contribution in [2.45, 2.75) is 25.0 Å². The average Bonchev–Trinajstić information content (AvgIpc) is 3.32. The molecule has 4 atom stereocenters. The number of likely N-dealkylation sites (tertiary alicyclic amines) is 1. The second-order valence-electron chi connectivity index (χ2n) is 6.10. The van der Waals surface area contributed by atoms with E-state index in [2.05, 4.69) is 4.84 Å². The summed E-state index contributed by atoms with van der Waals surface area (Å²) in [5.41, 5.74) is 0. The number of ether oxygens (including phenoxy) is 2. The van der Waals surface area contributed by atoms with E-state index in [0.29, 0.717) is 5.06 Å². The van der Waals surface area contributed by atoms with Crippen molar-refractivity contribution >= 4 is 29.8 Å². The summed E-state index contributed by atoms with van der Waals surface area (Å²) in [6.45, 7) is -0.420. The van der Waals surface area contributed by atoms with Crippen LogP contribution in [-0.4, -0.2) is 65.1 Å². The zero-order chi connectivity index (χ0) is 17.7. The van der Waals surface area contributed by atoms with Crippen LogP contribution in [0.1, 0.15) is 12.8 Å². The van der Waals surface area contributed by atoms with E-state index in [9.17, 15) is 24.0 Å². The molecule has 25 heavy (non-hydrogen) atoms. The number of imide groups is 2. The lowest BCUT2D eigenvalue weighted by Gasteiger charge is -2.17. The van der Waals surface area contributed by atoms with Gasteiger partial charge >= 0.3 is 6.16 Å². The van der Waals surface area contributed by atoms with E-state index < -0.39 is 29.8 Å². The standard InChI is InChI=1S/C15H14N2O8/c18-9-3-4-10(19)17(9)25-15(22)23-6-5-16-13(20)11-7-1-2-8(24-7)12(11)14(16)21/h1-2,7-8,11-12H,3-6H2. The number of rotatable bonds is 4. The Balaban J connectivity index is 1.29. The van der Waals surface area contributed by atoms with E-state index in [1.807, 2.05) is 0 Å². The number of carbonyl (C=O) groups is 5. The molecule has 10 nitrogen and oxygen atoms in total. The van der Waals surface area contributed by atoms with Gasteiger partial charge in [0.2, 0.25) is 11.8 Å². The number of amides is 4. The Morgan fingerprint density at radius 1 is 1.04 bits per heavy atom. The van der Waals surface area contributed by atoms with Crippen molar-refractivity contribution < 1.29 is 38.3 Å². The lowest BCUT2D eigenvalue weighted by atomic mass is 9.85. The molecule has 3 saturated heterocycles. The van der Waals surface area contributed by atoms with Crippen molar-refractivity contribution in [3.05, 3.63) is 12.2 Å². The van der Waals surface area contributed by atoms with Gasteiger partial charge in [0, 0.05) is 12.8 Å². The highest BCUT2D eigenvalue weighted by Crippen LogP contribution is 2.44. The van der Waals surface area contributed by atoms with Gasteiger partial charge in [-0.2, -0.15) is 0 Å². The highest BCUT2D eigenvalue weighted by Gasteiger charge is 2.60. The molecule has 2 bridgehead atoms. The van der Waals surface area contributed by atoms with E-state index in [0.717, 1.165) is 4.90 Å². The van der Waals surface area contributed by atoms with Crippen molar-refractivity contribution in [1.29, 1.82) is 0 Å². The van der Waals surface area contributed by atoms with Crippen molar-refractivity contribution in [2.24, 2.45) is 11.8 Å². The number of carbonyl (C=O) groups excluding carboxylic acids is 5. The Bertz CT molecular complexity index is 670. The fourth-order valence-corrected chi connectivity index (χ4v) is 3.56. The minimum atomic E-state index is -1.24. The zero-order valence-corrected chi connectivity index (χ0v) is 13.0. The van der Waals surface area contributed by atoms with Crippen LogP contribution in [0.2, 0.25) is 0 Å². The number of hydrogen-bond donors (Lipinski definition) is 0. The lowest BCUT2D eigenvalue weighted by molar-refractivity contribution is -0.177. The van der Waals surface area contributed by atoms with E-state index >= 15 is 0 Å². The summed E-state index contributed by atoms with van der Waals surface area (Å²) in [7, 11) is 0. The summed E-state index contributed by atoms with van der Waals surface area (Å²) in [5, 5.41) is 0.361. The van der Waals surface area contributed by atoms with Gasteiger partial charge in [-0.1, -0.05) is 17.2 Å². The number of fused-ring (bicyclic) bond motifs is 5. The first-order valence-corrected chi connectivity index (χ1v) is 7.87. The minimum Gasteiger partial charge on any atom is -0.431 e. The smallest absolute Gasteiger partial charge is 0.431 e. The van der Waals surface area contributed by atoms with Crippen LogP contribution in [0.4, 0.5) is 4.79 Å². The first kappa shape index (κ1) is 15.8. The molecule has 0 aliphatic carbocycles. The average molecular weight is 350 g/mol. The first-order valence-electron chi connectivity index (χ1n) is 7.87. The summed E-state index contributed by atoms with van der Waals surface area (Å²) in [6, 6.07) is 0. The van der Waals surface area contributed by atoms with E-state index in [1.165, 1.54) is 0 Å². The molecular formula is C15H14N2O8. The molecule has 4 aliphatic rings. The van der Waals surface area contributed by atoms with Crippen LogP contribution in [0.25, 0.3) is 0 Å². The lowest BCUT2D eigenvalue weighted by Crippen LogP contribution is -2.38. The van der Waals surface area contributed by atoms with Crippen LogP contribution >= 0.6 is 0 Å². The molecule has 0 N–H and O–H groups in total. The molecule has 10 heteroatoms. The van der Waals surface area contributed by atoms with Crippen molar-refractivity contribution in [2.75, 3.05) is 13.2 Å². The third-order valence-electron chi connectivity index (χ3n) is 4.71. The van der Waals surface area contributed by atoms with Gasteiger partial charge in [-0.3, -0.25) is 28.9 Å². The first-order chi connectivity index (χ1) is 12.0. The van der Waals surface area contributed by atoms with Gasteiger partial charge in [0.25, 0.3) is 11.8 Å². The molecule has 0 aromatic carbocycles. The summed E-state index contributed by atoms with van der Waals surface area (Å²) >= 11 is 0. The molecule has 132 valence electrons. The fraction of sp³-hybridized carbons (Fsp3) is 0.533. The fourth-order valence-electron chi connectivity index (χ4n) is 3.56. The topological polar surface area (TPSA) is 120 Å². The van der Waals surface area contributed by atoms with Crippen LogP contribution < -0.4 is 0 Å². The monoisotopic (exact) mass is 350 g/mol. The van der Waals surface area contributed by atoms with Gasteiger partial charge < -0.3 is 9.47 Å². The van der Waals surface area contributed by atoms with Crippen LogP contribution in [0.3, 0.4) is 0 Å². The summed E-state index contributed by atoms with van der Waals surface area (Å²) in [6.07, 6.45) is 1.50. The molecule has 0 aromatic rings. The third kappa shape index (κ3) is 2.40. The van der Waals surface area contributed by atoms with Crippen molar-refractivity contribution in [1.82, 2.24) is 9.96 Å². The van der Waals surface area contributed by atoms with Gasteiger partial charge in [-0.05, 0) is 0 Å². The van der Waals surface area contributed by atoms with Gasteiger partial charge in [0.15, 0.2) is 0 Å². The van der Waals surface area contributed by atoms with Gasteiger partial charge in [0.05, 0.1) is 30.6 Å². The quantitative estimate of drug-likeness (QED) is 0.365. The molecule has 4 heterocycles. The van der Waals surface area contributed by atoms with Crippen LogP contribution in [0, 0.1) is 11.8 Å². The Morgan fingerprint density at radius 3 is 2.16 bits per heavy atom. The minimum absolute atomic E-state index is 0.0237. The normalized spacial score (nSPS) is 32.8. The second kappa shape index (κ2) is 5.66. The molecule has 0 radical (unpaired) electrons. The van der Waals surface area contributed by atoms with E-state index in [4.69, 9.17) is 9.47 Å². The van der Waals surface area contributed by atoms with Crippen LogP contribution in [0.5, 0.6) is 0 Å². The number of hydrogen-bond acceptors (Lipinski definition) is 8. The predicted molar refractivity (Wildman–Crippen MR) is 75.0 cm³/mol. The molecule has 4 unspecified atom stereocenters. The highest BCUT2D eigenvalue weighted by molar-refractivity contribution is 6.06. The van der Waals surface area contributed by atoms with Crippen molar-refractivity contribution in [3.63, 3.8) is 0 Å². The molecule has 0 spiro atoms. The van der Waals surface area contributed by atoms with Gasteiger partial charge in [-0.15, -0.1) is 0 Å². The van der Waals surface area contributed by atoms with Gasteiger partial charge in [-0.25, -0.2) is 4.79 Å². The molecule has 4 aliphatic heterocycles. The van der Waals surface area contributed by atoms with Crippen LogP contribution in [-0.2, 0) is 33.5 Å². The summed E-state index contributed by atoms with van der Waals surface area (Å²) in [4.78, 5) is 64.5. The van der Waals surface area contributed by atoms with Gasteiger partial charge in [0.1, 0.15) is 6.61 Å². The van der Waals surface area contributed by atoms with Crippen LogP contribution in [0.15, 0.2) is 12.2 Å². The largest absolute Gasteiger partial charge is 0.534 e. The van der Waals surface area contributed by atoms with E-state index in [-0.39, 0.29) is 50.0 Å². The maximum atomic E-state index is 12.3. The molecular weight excluding hydrogens is 336 g/mol. The molecule has 4 rings (SSSR count). The maximum Gasteiger partial charge on any atom is 0.534 e. The second-order valence-corrected chi connectivity index (χ2v) is 6.10. The SMILES string of the molecule is O=C(OCCN1C(=O)C2C3C=CC(O3)C2C1=O)ON1C(=O)CCC1=O. The zero-order valence-electron chi connectivity index (χ0n) is 13.0. The Labute approximate surface area is 141 Å². The molecule has 3 fully saturated rings. The molecule has 4 amide bonds. The highest BCUT2D eigenvalue weighted by atomic mass is 16.8. The Hall–Kier alpha value is -2.75. The van der Waals surface area contributed by atoms with E-state index in [1.54, 1.807) is 12.2 Å². The third-order valence-corrected chi connectivity index (χ3v) is 4.71. The van der Waals surface area contributed by atoms with Crippen molar-refractivity contribution in [3.8, 4) is 0 Å². The predicted octanol–water partition coefficient (Wildman–Crippen LogP) is -0.858. The summed E-state index contributed by atoms with van der Waals surface area (Å²) < 4.78 is 10.3. The Kier molecular flexibility index (Phi) is 3.57. The number of hydroxylamine groups is 2. The number of nitrogens with zero attached hydrogens (tertiary/aromatic N) is 2.